The number of benzene rings is 1. The van der Waals surface area contributed by atoms with Gasteiger partial charge in [0.25, 0.3) is 0 Å². The van der Waals surface area contributed by atoms with E-state index in [0.717, 1.165) is 46.6 Å². The highest BCUT2D eigenvalue weighted by Gasteiger charge is 2.10. The van der Waals surface area contributed by atoms with E-state index in [-0.39, 0.29) is 0 Å². The molecule has 4 aromatic heterocycles. The first-order valence-corrected chi connectivity index (χ1v) is 8.66. The Kier molecular flexibility index (Phi) is 3.75. The van der Waals surface area contributed by atoms with Crippen LogP contribution in [0.1, 0.15) is 0 Å². The summed E-state index contributed by atoms with van der Waals surface area (Å²) in [7, 11) is 0. The average Bonchev–Trinajstić information content (AvgIpc) is 3.47. The Morgan fingerprint density at radius 1 is 0.963 bits per heavy atom. The van der Waals surface area contributed by atoms with Gasteiger partial charge in [0.15, 0.2) is 0 Å². The van der Waals surface area contributed by atoms with Gasteiger partial charge in [0.1, 0.15) is 18.2 Å². The van der Waals surface area contributed by atoms with Crippen LogP contribution >= 0.6 is 0 Å². The normalized spacial score (nSPS) is 11.3. The second kappa shape index (κ2) is 6.53. The van der Waals surface area contributed by atoms with Crippen LogP contribution in [-0.4, -0.2) is 29.5 Å². The van der Waals surface area contributed by atoms with E-state index in [9.17, 15) is 0 Å². The molecule has 5 aromatic rings. The molecule has 0 unspecified atom stereocenters. The molecule has 0 spiro atoms. The Balaban J connectivity index is 1.43. The third-order valence-corrected chi connectivity index (χ3v) is 4.48. The minimum Gasteiger partial charge on any atom is -0.464 e. The first-order valence-electron chi connectivity index (χ1n) is 8.66. The van der Waals surface area contributed by atoms with Crippen LogP contribution in [0.3, 0.4) is 0 Å². The highest BCUT2D eigenvalue weighted by Crippen LogP contribution is 2.29. The Morgan fingerprint density at radius 3 is 2.81 bits per heavy atom. The van der Waals surface area contributed by atoms with E-state index in [4.69, 9.17) is 4.42 Å². The van der Waals surface area contributed by atoms with E-state index in [0.29, 0.717) is 0 Å². The predicted molar refractivity (Wildman–Crippen MR) is 101 cm³/mol. The third kappa shape index (κ3) is 2.99. The van der Waals surface area contributed by atoms with Gasteiger partial charge in [0.2, 0.25) is 0 Å². The number of hydrogen-bond acceptors (Lipinski definition) is 5. The van der Waals surface area contributed by atoms with Gasteiger partial charge in [-0.3, -0.25) is 14.3 Å². The zero-order valence-corrected chi connectivity index (χ0v) is 14.4. The average molecular weight is 356 g/mol. The molecule has 0 fully saturated rings. The number of fused-ring (bicyclic) bond motifs is 1. The van der Waals surface area contributed by atoms with Gasteiger partial charge in [0.05, 0.1) is 30.7 Å². The van der Waals surface area contributed by atoms with Crippen molar-refractivity contribution in [3.05, 3.63) is 73.8 Å². The molecular weight excluding hydrogens is 340 g/mol. The molecule has 7 nitrogen and oxygen atoms in total. The smallest absolute Gasteiger partial charge is 0.137 e. The number of aromatic nitrogens is 6. The van der Waals surface area contributed by atoms with Gasteiger partial charge in [-0.25, -0.2) is 4.98 Å². The quantitative estimate of drug-likeness (QED) is 0.480. The van der Waals surface area contributed by atoms with Crippen LogP contribution in [0.4, 0.5) is 0 Å². The van der Waals surface area contributed by atoms with E-state index in [2.05, 4.69) is 38.4 Å². The fourth-order valence-electron chi connectivity index (χ4n) is 3.14. The summed E-state index contributed by atoms with van der Waals surface area (Å²) in [4.78, 5) is 8.50. The maximum atomic E-state index is 5.49. The molecule has 7 heteroatoms. The molecule has 0 aliphatic carbocycles. The molecular formula is C20H16N6O. The van der Waals surface area contributed by atoms with E-state index >= 15 is 0 Å². The van der Waals surface area contributed by atoms with Gasteiger partial charge in [-0.2, -0.15) is 10.2 Å². The summed E-state index contributed by atoms with van der Waals surface area (Å²) >= 11 is 0. The summed E-state index contributed by atoms with van der Waals surface area (Å²) in [6.45, 7) is 1.46. The first kappa shape index (κ1) is 15.5. The lowest BCUT2D eigenvalue weighted by Crippen LogP contribution is -2.08. The largest absolute Gasteiger partial charge is 0.464 e. The molecule has 0 saturated carbocycles. The van der Waals surface area contributed by atoms with Crippen molar-refractivity contribution in [1.82, 2.24) is 29.5 Å². The van der Waals surface area contributed by atoms with E-state index < -0.39 is 0 Å². The molecule has 27 heavy (non-hydrogen) atoms. The molecule has 0 aliphatic heterocycles. The summed E-state index contributed by atoms with van der Waals surface area (Å²) in [5, 5.41) is 9.80. The van der Waals surface area contributed by atoms with Crippen molar-refractivity contribution in [3.8, 4) is 22.5 Å². The lowest BCUT2D eigenvalue weighted by atomic mass is 10.0. The van der Waals surface area contributed by atoms with Gasteiger partial charge < -0.3 is 4.42 Å². The number of aryl methyl sites for hydroxylation is 2. The van der Waals surface area contributed by atoms with Crippen molar-refractivity contribution >= 4 is 11.0 Å². The molecule has 0 atom stereocenters. The number of nitrogens with zero attached hydrogens (tertiary/aromatic N) is 6. The Bertz CT molecular complexity index is 1190. The standard InChI is InChI=1S/C20H16N6O/c1-2-15(18-5-8-25(24-18)9-10-26-14-21-13-23-26)12-16(3-1)20-17-6-11-27-19(17)4-7-22-20/h1-8,11-14H,9-10H2. The van der Waals surface area contributed by atoms with Gasteiger partial charge in [-0.05, 0) is 24.3 Å². The minimum atomic E-state index is 0.730. The van der Waals surface area contributed by atoms with Gasteiger partial charge in [-0.15, -0.1) is 0 Å². The van der Waals surface area contributed by atoms with Crippen molar-refractivity contribution in [2.45, 2.75) is 13.1 Å². The predicted octanol–water partition coefficient (Wildman–Crippen LogP) is 3.65. The summed E-state index contributed by atoms with van der Waals surface area (Å²) < 4.78 is 9.19. The van der Waals surface area contributed by atoms with Crippen molar-refractivity contribution in [2.24, 2.45) is 0 Å². The van der Waals surface area contributed by atoms with Crippen LogP contribution < -0.4 is 0 Å². The van der Waals surface area contributed by atoms with Crippen LogP contribution in [0.5, 0.6) is 0 Å². The van der Waals surface area contributed by atoms with Crippen molar-refractivity contribution in [2.75, 3.05) is 0 Å². The zero-order valence-electron chi connectivity index (χ0n) is 14.4. The molecule has 0 amide bonds. The van der Waals surface area contributed by atoms with Gasteiger partial charge in [0, 0.05) is 28.9 Å². The Labute approximate surface area is 154 Å². The summed E-state index contributed by atoms with van der Waals surface area (Å²) in [5.41, 5.74) is 4.76. The van der Waals surface area contributed by atoms with E-state index in [1.54, 1.807) is 23.5 Å². The lowest BCUT2D eigenvalue weighted by Gasteiger charge is -2.05. The highest BCUT2D eigenvalue weighted by molar-refractivity contribution is 5.92. The lowest BCUT2D eigenvalue weighted by molar-refractivity contribution is 0.500. The van der Waals surface area contributed by atoms with Gasteiger partial charge >= 0.3 is 0 Å². The second-order valence-corrected chi connectivity index (χ2v) is 6.20. The molecule has 1 aromatic carbocycles. The monoisotopic (exact) mass is 356 g/mol. The second-order valence-electron chi connectivity index (χ2n) is 6.20. The molecule has 132 valence electrons. The van der Waals surface area contributed by atoms with Crippen molar-refractivity contribution in [1.29, 1.82) is 0 Å². The maximum absolute atomic E-state index is 5.49. The molecule has 0 bridgehead atoms. The SMILES string of the molecule is c1cc(-c2ccn(CCn3cncn3)n2)cc(-c2nccc3occc23)c1. The number of furan rings is 1. The molecule has 0 aliphatic rings. The van der Waals surface area contributed by atoms with E-state index in [1.165, 1.54) is 6.33 Å². The molecule has 0 saturated heterocycles. The fraction of sp³-hybridized carbons (Fsp3) is 0.100. The molecule has 0 radical (unpaired) electrons. The van der Waals surface area contributed by atoms with Crippen molar-refractivity contribution in [3.63, 3.8) is 0 Å². The summed E-state index contributed by atoms with van der Waals surface area (Å²) in [5.74, 6) is 0. The molecule has 0 N–H and O–H groups in total. The highest BCUT2D eigenvalue weighted by atomic mass is 16.3. The maximum Gasteiger partial charge on any atom is 0.137 e. The van der Waals surface area contributed by atoms with Crippen LogP contribution in [0, 0.1) is 0 Å². The number of hydrogen-bond donors (Lipinski definition) is 0. The minimum absolute atomic E-state index is 0.730. The van der Waals surface area contributed by atoms with E-state index in [1.807, 2.05) is 35.1 Å². The van der Waals surface area contributed by atoms with Crippen LogP contribution in [-0.2, 0) is 13.1 Å². The van der Waals surface area contributed by atoms with Crippen LogP contribution in [0.25, 0.3) is 33.5 Å². The van der Waals surface area contributed by atoms with Crippen LogP contribution in [0.15, 0.2) is 78.2 Å². The zero-order chi connectivity index (χ0) is 18.1. The topological polar surface area (TPSA) is 74.6 Å². The third-order valence-electron chi connectivity index (χ3n) is 4.48. The number of pyridine rings is 1. The number of rotatable bonds is 5. The fourth-order valence-corrected chi connectivity index (χ4v) is 3.14. The molecule has 4 heterocycles. The Morgan fingerprint density at radius 2 is 1.89 bits per heavy atom. The summed E-state index contributed by atoms with van der Waals surface area (Å²) in [6, 6.07) is 14.1. The van der Waals surface area contributed by atoms with Crippen molar-refractivity contribution < 1.29 is 4.42 Å². The Hall–Kier alpha value is -3.74. The van der Waals surface area contributed by atoms with Crippen LogP contribution in [0.2, 0.25) is 0 Å². The summed E-state index contributed by atoms with van der Waals surface area (Å²) in [6.07, 6.45) is 8.68. The molecule has 5 rings (SSSR count). The first-order chi connectivity index (χ1) is 13.4. The van der Waals surface area contributed by atoms with Gasteiger partial charge in [-0.1, -0.05) is 18.2 Å².